The van der Waals surface area contributed by atoms with E-state index >= 15 is 0 Å². The molecule has 7 heteroatoms. The number of aliphatic hydroxyl groups is 5. The lowest BCUT2D eigenvalue weighted by Gasteiger charge is -2.25. The van der Waals surface area contributed by atoms with Gasteiger partial charge in [-0.15, -0.1) is 0 Å². The van der Waals surface area contributed by atoms with Crippen molar-refractivity contribution in [2.24, 2.45) is 0 Å². The maximum Gasteiger partial charge on any atom is 0.228 e. The highest BCUT2D eigenvalue weighted by atomic mass is 35.5. The summed E-state index contributed by atoms with van der Waals surface area (Å²) in [5, 5.41) is 40.7. The molecule has 0 heterocycles. The van der Waals surface area contributed by atoms with Crippen molar-refractivity contribution in [1.29, 1.82) is 0 Å². The number of hydrogen-bond donors (Lipinski definition) is 5. The molecule has 6 nitrogen and oxygen atoms in total. The lowest BCUT2D eigenvalue weighted by Crippen LogP contribution is -2.51. The maximum atomic E-state index is 10.9. The minimum atomic E-state index is -2.78. The molecule has 0 fully saturated rings. The van der Waals surface area contributed by atoms with Crippen LogP contribution in [0.25, 0.3) is 0 Å². The normalized spacial score (nSPS) is 20.5. The molecule has 0 aliphatic heterocycles. The summed E-state index contributed by atoms with van der Waals surface area (Å²) in [5.41, 5.74) is 0. The molecule has 0 unspecified atom stereocenters. The van der Waals surface area contributed by atoms with Gasteiger partial charge in [-0.2, -0.15) is 0 Å². The van der Waals surface area contributed by atoms with E-state index in [1.807, 2.05) is 0 Å². The highest BCUT2D eigenvalue weighted by Gasteiger charge is 2.43. The van der Waals surface area contributed by atoms with Gasteiger partial charge < -0.3 is 25.5 Å². The van der Waals surface area contributed by atoms with Crippen molar-refractivity contribution in [2.75, 3.05) is 13.2 Å². The fraction of sp³-hybridized carbons (Fsp3) is 0.833. The summed E-state index contributed by atoms with van der Waals surface area (Å²) in [6.07, 6.45) is -3.80. The quantitative estimate of drug-likeness (QED) is 0.315. The minimum absolute atomic E-state index is 0.925. The molecule has 0 aromatic rings. The van der Waals surface area contributed by atoms with Gasteiger partial charge in [-0.1, -0.05) is 11.6 Å². The Balaban J connectivity index is 4.53. The summed E-state index contributed by atoms with van der Waals surface area (Å²) >= 11 is 5.14. The summed E-state index contributed by atoms with van der Waals surface area (Å²) in [4.78, 5) is 10.9. The van der Waals surface area contributed by atoms with E-state index in [4.69, 9.17) is 37.1 Å². The Labute approximate surface area is 79.0 Å². The fourth-order valence-corrected chi connectivity index (χ4v) is 0.797. The summed E-state index contributed by atoms with van der Waals surface area (Å²) in [6, 6.07) is 0. The molecule has 5 N–H and O–H groups in total. The van der Waals surface area contributed by atoms with E-state index in [0.29, 0.717) is 0 Å². The van der Waals surface area contributed by atoms with Gasteiger partial charge in [0.1, 0.15) is 12.2 Å². The van der Waals surface area contributed by atoms with Crippen LogP contribution < -0.4 is 0 Å². The summed E-state index contributed by atoms with van der Waals surface area (Å²) < 4.78 is 0. The van der Waals surface area contributed by atoms with Gasteiger partial charge >= 0.3 is 0 Å². The van der Waals surface area contributed by atoms with Crippen LogP contribution in [0.2, 0.25) is 0 Å². The van der Waals surface area contributed by atoms with Crippen molar-refractivity contribution in [1.82, 2.24) is 0 Å². The Morgan fingerprint density at radius 3 is 2.08 bits per heavy atom. The Kier molecular flexibility index (Phi) is 4.76. The second kappa shape index (κ2) is 4.85. The van der Waals surface area contributed by atoms with Gasteiger partial charge in [0.25, 0.3) is 0 Å². The predicted molar refractivity (Wildman–Crippen MR) is 42.0 cm³/mol. The van der Waals surface area contributed by atoms with Crippen LogP contribution >= 0.6 is 11.6 Å². The van der Waals surface area contributed by atoms with E-state index in [2.05, 4.69) is 0 Å². The van der Waals surface area contributed by atoms with Gasteiger partial charge in [-0.05, 0) is 0 Å². The molecule has 0 aliphatic carbocycles. The summed E-state index contributed by atoms with van der Waals surface area (Å²) in [5.74, 6) is -1.36. The molecule has 0 aliphatic rings. The van der Waals surface area contributed by atoms with E-state index in [-0.39, 0.29) is 0 Å². The Hall–Kier alpha value is -0.240. The van der Waals surface area contributed by atoms with Crippen LogP contribution in [0.15, 0.2) is 0 Å². The van der Waals surface area contributed by atoms with Crippen LogP contribution in [0.5, 0.6) is 0 Å². The first-order valence-corrected chi connectivity index (χ1v) is 3.79. The molecule has 0 spiro atoms. The van der Waals surface area contributed by atoms with E-state index in [1.165, 1.54) is 0 Å². The smallest absolute Gasteiger partial charge is 0.228 e. The zero-order valence-corrected chi connectivity index (χ0v) is 7.35. The molecule has 78 valence electrons. The molecule has 0 amide bonds. The third-order valence-corrected chi connectivity index (χ3v) is 1.87. The second-order valence-electron chi connectivity index (χ2n) is 2.43. The van der Waals surface area contributed by atoms with Crippen LogP contribution in [-0.2, 0) is 4.79 Å². The van der Waals surface area contributed by atoms with Gasteiger partial charge in [0.05, 0.1) is 13.2 Å². The largest absolute Gasteiger partial charge is 0.394 e. The predicted octanol–water partition coefficient (Wildman–Crippen LogP) is -2.81. The van der Waals surface area contributed by atoms with E-state index in [0.717, 1.165) is 0 Å². The van der Waals surface area contributed by atoms with Crippen molar-refractivity contribution >= 4 is 17.4 Å². The summed E-state index contributed by atoms with van der Waals surface area (Å²) in [7, 11) is 0. The number of Topliss-reactive ketones (excluding diaryl/α,β-unsaturated/α-hetero) is 1. The number of carbonyl (C=O) groups is 1. The third kappa shape index (κ3) is 2.87. The molecule has 0 rings (SSSR count). The van der Waals surface area contributed by atoms with Crippen molar-refractivity contribution in [3.63, 3.8) is 0 Å². The summed E-state index contributed by atoms with van der Waals surface area (Å²) in [6.45, 7) is -1.87. The number of ketones is 1. The van der Waals surface area contributed by atoms with Crippen molar-refractivity contribution in [2.45, 2.75) is 17.3 Å². The van der Waals surface area contributed by atoms with Crippen LogP contribution in [0.1, 0.15) is 0 Å². The van der Waals surface area contributed by atoms with Gasteiger partial charge in [-0.3, -0.25) is 4.79 Å². The molecule has 0 aromatic heterocycles. The molecule has 13 heavy (non-hydrogen) atoms. The molecule has 0 saturated carbocycles. The van der Waals surface area contributed by atoms with Gasteiger partial charge in [-0.25, -0.2) is 0 Å². The van der Waals surface area contributed by atoms with Crippen LogP contribution in [0, 0.1) is 0 Å². The lowest BCUT2D eigenvalue weighted by atomic mass is 10.1. The molecular weight excluding hydrogens is 204 g/mol. The van der Waals surface area contributed by atoms with Crippen LogP contribution in [0.4, 0.5) is 0 Å². The average molecular weight is 215 g/mol. The number of hydrogen-bond acceptors (Lipinski definition) is 6. The number of aliphatic hydroxyl groups excluding tert-OH is 4. The fourth-order valence-electron chi connectivity index (χ4n) is 0.602. The number of carbonyl (C=O) groups excluding carboxylic acids is 1. The van der Waals surface area contributed by atoms with Crippen LogP contribution in [-0.4, -0.2) is 61.8 Å². The Morgan fingerprint density at radius 2 is 1.77 bits per heavy atom. The van der Waals surface area contributed by atoms with E-state index in [1.54, 1.807) is 0 Å². The number of rotatable bonds is 5. The monoisotopic (exact) mass is 214 g/mol. The van der Waals surface area contributed by atoms with Crippen molar-refractivity contribution in [3.05, 3.63) is 0 Å². The van der Waals surface area contributed by atoms with E-state index in [9.17, 15) is 4.79 Å². The molecule has 0 aromatic carbocycles. The molecule has 0 radical (unpaired) electrons. The topological polar surface area (TPSA) is 118 Å². The number of alkyl halides is 1. The Bertz CT molecular complexity index is 182. The third-order valence-electron chi connectivity index (χ3n) is 1.44. The zero-order chi connectivity index (χ0) is 10.6. The molecule has 3 atom stereocenters. The highest BCUT2D eigenvalue weighted by molar-refractivity contribution is 6.34. The van der Waals surface area contributed by atoms with E-state index < -0.39 is 36.3 Å². The first kappa shape index (κ1) is 12.8. The maximum absolute atomic E-state index is 10.9. The van der Waals surface area contributed by atoms with Crippen molar-refractivity contribution in [3.8, 4) is 0 Å². The highest BCUT2D eigenvalue weighted by Crippen LogP contribution is 2.19. The molecular formula is C6H11ClO6. The zero-order valence-electron chi connectivity index (χ0n) is 6.59. The first-order chi connectivity index (χ1) is 5.87. The van der Waals surface area contributed by atoms with Gasteiger partial charge in [0.15, 0.2) is 0 Å². The number of halogens is 1. The minimum Gasteiger partial charge on any atom is -0.394 e. The Morgan fingerprint density at radius 1 is 1.31 bits per heavy atom. The van der Waals surface area contributed by atoms with Crippen LogP contribution in [0.3, 0.4) is 0 Å². The molecule has 0 bridgehead atoms. The second-order valence-corrected chi connectivity index (χ2v) is 3.01. The van der Waals surface area contributed by atoms with Gasteiger partial charge in [0.2, 0.25) is 10.8 Å². The standard InChI is InChI=1S/C6H11ClO6/c7-6(13,4(11)2-9)5(12)3(10)1-8/h3-4,8-11,13H,1-2H2/t3-,4+,6-/m0/s1. The SMILES string of the molecule is O=C([C@@H](O)CO)[C@](O)(Cl)[C@H](O)CO. The first-order valence-electron chi connectivity index (χ1n) is 3.41. The van der Waals surface area contributed by atoms with Gasteiger partial charge in [0, 0.05) is 0 Å². The molecule has 0 saturated heterocycles. The average Bonchev–Trinajstić information content (AvgIpc) is 2.13. The lowest BCUT2D eigenvalue weighted by molar-refractivity contribution is -0.150. The van der Waals surface area contributed by atoms with Crippen molar-refractivity contribution < 1.29 is 30.3 Å².